The zero-order valence-electron chi connectivity index (χ0n) is 16.0. The van der Waals surface area contributed by atoms with Crippen LogP contribution in [0.25, 0.3) is 0 Å². The average Bonchev–Trinajstić information content (AvgIpc) is 3.08. The van der Waals surface area contributed by atoms with Gasteiger partial charge in [-0.1, -0.05) is 35.9 Å². The topological polar surface area (TPSA) is 35.6 Å². The number of nitrogens with one attached hydrogen (secondary N) is 1. The fraction of sp³-hybridized carbons (Fsp3) is 0.409. The lowest BCUT2D eigenvalue weighted by Gasteiger charge is -2.44. The molecular weight excluding hydrogens is 377 g/mol. The summed E-state index contributed by atoms with van der Waals surface area (Å²) in [5.74, 6) is -0.314. The van der Waals surface area contributed by atoms with Crippen LogP contribution < -0.4 is 5.32 Å². The van der Waals surface area contributed by atoms with E-state index in [0.29, 0.717) is 17.1 Å². The van der Waals surface area contributed by atoms with Gasteiger partial charge in [-0.2, -0.15) is 0 Å². The molecule has 2 aromatic rings. The van der Waals surface area contributed by atoms with Crippen molar-refractivity contribution in [2.75, 3.05) is 33.2 Å². The minimum absolute atomic E-state index is 0.0692. The summed E-state index contributed by atoms with van der Waals surface area (Å²) in [6.07, 6.45) is 1.67. The molecule has 1 N–H and O–H groups in total. The molecule has 1 aliphatic heterocycles. The minimum Gasteiger partial charge on any atom is -0.340 e. The van der Waals surface area contributed by atoms with Gasteiger partial charge in [-0.3, -0.25) is 9.69 Å². The number of hydrogen-bond donors (Lipinski definition) is 1. The summed E-state index contributed by atoms with van der Waals surface area (Å²) in [5.41, 5.74) is 2.41. The Morgan fingerprint density at radius 3 is 2.75 bits per heavy atom. The maximum absolute atomic E-state index is 13.8. The van der Waals surface area contributed by atoms with E-state index in [9.17, 15) is 9.18 Å². The molecule has 0 radical (unpaired) electrons. The number of hydrogen-bond acceptors (Lipinski definition) is 3. The quantitative estimate of drug-likeness (QED) is 0.854. The second-order valence-corrected chi connectivity index (χ2v) is 8.13. The molecule has 1 atom stereocenters. The molecule has 1 heterocycles. The van der Waals surface area contributed by atoms with Crippen LogP contribution in [0.5, 0.6) is 0 Å². The number of benzene rings is 2. The van der Waals surface area contributed by atoms with E-state index < -0.39 is 5.54 Å². The third-order valence-electron chi connectivity index (χ3n) is 5.92. The van der Waals surface area contributed by atoms with Gasteiger partial charge < -0.3 is 10.2 Å². The molecule has 0 bridgehead atoms. The Balaban J connectivity index is 1.68. The van der Waals surface area contributed by atoms with Crippen LogP contribution in [-0.4, -0.2) is 48.9 Å². The lowest BCUT2D eigenvalue weighted by Crippen LogP contribution is -2.60. The lowest BCUT2D eigenvalue weighted by atomic mass is 9.87. The SMILES string of the molecule is CN(Cc1cc(F)cc(Cl)c1)C(=O)[C@]1(N2CCNCC2)CCc2ccccc21. The van der Waals surface area contributed by atoms with E-state index in [-0.39, 0.29) is 11.7 Å². The van der Waals surface area contributed by atoms with Gasteiger partial charge in [0.15, 0.2) is 0 Å². The first-order valence-electron chi connectivity index (χ1n) is 9.75. The summed E-state index contributed by atoms with van der Waals surface area (Å²) in [7, 11) is 1.80. The highest BCUT2D eigenvalue weighted by Crippen LogP contribution is 2.43. The normalized spacial score (nSPS) is 22.1. The van der Waals surface area contributed by atoms with E-state index in [0.717, 1.165) is 44.6 Å². The van der Waals surface area contributed by atoms with Gasteiger partial charge in [-0.05, 0) is 47.7 Å². The predicted octanol–water partition coefficient (Wildman–Crippen LogP) is 3.18. The molecule has 148 valence electrons. The van der Waals surface area contributed by atoms with E-state index in [1.54, 1.807) is 18.0 Å². The van der Waals surface area contributed by atoms with Crippen molar-refractivity contribution >= 4 is 17.5 Å². The fourth-order valence-corrected chi connectivity index (χ4v) is 4.93. The van der Waals surface area contributed by atoms with Crippen LogP contribution in [0.1, 0.15) is 23.1 Å². The van der Waals surface area contributed by atoms with Gasteiger partial charge in [0.2, 0.25) is 5.91 Å². The first kappa shape index (κ1) is 19.4. The number of piperazine rings is 1. The number of rotatable bonds is 4. The van der Waals surface area contributed by atoms with Crippen molar-refractivity contribution in [2.24, 2.45) is 0 Å². The number of fused-ring (bicyclic) bond motifs is 1. The monoisotopic (exact) mass is 401 g/mol. The number of carbonyl (C=O) groups excluding carboxylic acids is 1. The molecule has 1 saturated heterocycles. The summed E-state index contributed by atoms with van der Waals surface area (Å²) >= 11 is 6.00. The molecule has 0 aromatic heterocycles. The second-order valence-electron chi connectivity index (χ2n) is 7.69. The summed E-state index contributed by atoms with van der Waals surface area (Å²) in [6, 6.07) is 12.7. The Morgan fingerprint density at radius 2 is 2.00 bits per heavy atom. The van der Waals surface area contributed by atoms with Crippen molar-refractivity contribution in [1.82, 2.24) is 15.1 Å². The van der Waals surface area contributed by atoms with Crippen LogP contribution in [0.15, 0.2) is 42.5 Å². The van der Waals surface area contributed by atoms with Crippen molar-refractivity contribution in [1.29, 1.82) is 0 Å². The van der Waals surface area contributed by atoms with Crippen LogP contribution in [-0.2, 0) is 23.3 Å². The van der Waals surface area contributed by atoms with Crippen LogP contribution in [0.4, 0.5) is 4.39 Å². The van der Waals surface area contributed by atoms with Crippen molar-refractivity contribution in [3.8, 4) is 0 Å². The van der Waals surface area contributed by atoms with E-state index >= 15 is 0 Å². The van der Waals surface area contributed by atoms with Crippen LogP contribution in [0, 0.1) is 5.82 Å². The first-order chi connectivity index (χ1) is 13.5. The summed E-state index contributed by atoms with van der Waals surface area (Å²) in [5, 5.41) is 3.72. The Hall–Kier alpha value is -1.95. The Kier molecular flexibility index (Phi) is 5.41. The standard InChI is InChI=1S/C22H25ClFN3O/c1-26(15-16-12-18(23)14-19(24)13-16)21(28)22(27-10-8-25-9-11-27)7-6-17-4-2-3-5-20(17)22/h2-5,12-14,25H,6-11,15H2,1H3/t22-/m0/s1. The van der Waals surface area contributed by atoms with E-state index in [1.807, 2.05) is 12.1 Å². The Morgan fingerprint density at radius 1 is 1.25 bits per heavy atom. The number of amides is 1. The molecule has 4 rings (SSSR count). The van der Waals surface area contributed by atoms with Crippen LogP contribution in [0.2, 0.25) is 5.02 Å². The van der Waals surface area contributed by atoms with Gasteiger partial charge >= 0.3 is 0 Å². The Labute approximate surface area is 170 Å². The Bertz CT molecular complexity index is 864. The summed E-state index contributed by atoms with van der Waals surface area (Å²) in [6.45, 7) is 3.74. The number of nitrogens with zero attached hydrogens (tertiary/aromatic N) is 2. The van der Waals surface area contributed by atoms with Gasteiger partial charge in [0.05, 0.1) is 0 Å². The summed E-state index contributed by atoms with van der Waals surface area (Å²) in [4.78, 5) is 17.9. The van der Waals surface area contributed by atoms with Gasteiger partial charge in [-0.15, -0.1) is 0 Å². The third-order valence-corrected chi connectivity index (χ3v) is 6.14. The molecular formula is C22H25ClFN3O. The van der Waals surface area contributed by atoms with Crippen molar-refractivity contribution in [3.63, 3.8) is 0 Å². The molecule has 1 aliphatic carbocycles. The van der Waals surface area contributed by atoms with Crippen LogP contribution in [0.3, 0.4) is 0 Å². The molecule has 0 unspecified atom stereocenters. The highest BCUT2D eigenvalue weighted by atomic mass is 35.5. The molecule has 28 heavy (non-hydrogen) atoms. The van der Waals surface area contributed by atoms with Gasteiger partial charge in [0.1, 0.15) is 11.4 Å². The van der Waals surface area contributed by atoms with Crippen LogP contribution >= 0.6 is 11.6 Å². The predicted molar refractivity (Wildman–Crippen MR) is 109 cm³/mol. The van der Waals surface area contributed by atoms with Crippen molar-refractivity contribution < 1.29 is 9.18 Å². The smallest absolute Gasteiger partial charge is 0.247 e. The molecule has 1 amide bonds. The molecule has 0 spiro atoms. The number of carbonyl (C=O) groups is 1. The minimum atomic E-state index is -0.648. The third kappa shape index (κ3) is 3.43. The largest absolute Gasteiger partial charge is 0.340 e. The number of likely N-dealkylation sites (N-methyl/N-ethyl adjacent to an activating group) is 1. The molecule has 2 aliphatic rings. The van der Waals surface area contributed by atoms with E-state index in [4.69, 9.17) is 11.6 Å². The zero-order chi connectivity index (χ0) is 19.7. The molecule has 2 aromatic carbocycles. The molecule has 0 saturated carbocycles. The van der Waals surface area contributed by atoms with E-state index in [2.05, 4.69) is 22.3 Å². The maximum Gasteiger partial charge on any atom is 0.247 e. The second kappa shape index (κ2) is 7.82. The zero-order valence-corrected chi connectivity index (χ0v) is 16.8. The molecule has 6 heteroatoms. The lowest BCUT2D eigenvalue weighted by molar-refractivity contribution is -0.145. The molecule has 1 fully saturated rings. The van der Waals surface area contributed by atoms with Crippen molar-refractivity contribution in [3.05, 3.63) is 70.0 Å². The van der Waals surface area contributed by atoms with Gasteiger partial charge in [0.25, 0.3) is 0 Å². The maximum atomic E-state index is 13.8. The highest BCUT2D eigenvalue weighted by molar-refractivity contribution is 6.30. The number of halogens is 2. The first-order valence-corrected chi connectivity index (χ1v) is 10.1. The van der Waals surface area contributed by atoms with Gasteiger partial charge in [-0.25, -0.2) is 4.39 Å². The fourth-order valence-electron chi connectivity index (χ4n) is 4.69. The van der Waals surface area contributed by atoms with Gasteiger partial charge in [0, 0.05) is 44.8 Å². The number of aryl methyl sites for hydroxylation is 1. The molecule has 4 nitrogen and oxygen atoms in total. The highest BCUT2D eigenvalue weighted by Gasteiger charge is 2.50. The van der Waals surface area contributed by atoms with E-state index in [1.165, 1.54) is 17.7 Å². The average molecular weight is 402 g/mol. The van der Waals surface area contributed by atoms with Crippen molar-refractivity contribution in [2.45, 2.75) is 24.9 Å². The summed E-state index contributed by atoms with van der Waals surface area (Å²) < 4.78 is 13.7.